The van der Waals surface area contributed by atoms with Crippen molar-refractivity contribution >= 4 is 0 Å². The summed E-state index contributed by atoms with van der Waals surface area (Å²) in [4.78, 5) is 19.2. The van der Waals surface area contributed by atoms with E-state index in [1.54, 1.807) is 0 Å². The molecular weight excluding hydrogens is 245 g/mol. The molecule has 1 aliphatic rings. The summed E-state index contributed by atoms with van der Waals surface area (Å²) in [5.41, 5.74) is 2.75. The average molecular weight is 259 g/mol. The fourth-order valence-electron chi connectivity index (χ4n) is 2.36. The molecule has 3 rings (SSSR count). The Morgan fingerprint density at radius 2 is 2.16 bits per heavy atom. The molecule has 0 radical (unpaired) electrons. The van der Waals surface area contributed by atoms with E-state index in [2.05, 4.69) is 15.3 Å². The van der Waals surface area contributed by atoms with Crippen molar-refractivity contribution in [3.05, 3.63) is 51.2 Å². The van der Waals surface area contributed by atoms with E-state index in [1.807, 2.05) is 13.0 Å². The minimum Gasteiger partial charge on any atom is -0.312 e. The van der Waals surface area contributed by atoms with Crippen LogP contribution in [-0.4, -0.2) is 16.5 Å². The van der Waals surface area contributed by atoms with Gasteiger partial charge in [0.2, 0.25) is 0 Å². The van der Waals surface area contributed by atoms with E-state index < -0.39 is 0 Å². The van der Waals surface area contributed by atoms with Crippen LogP contribution in [0.1, 0.15) is 16.8 Å². The number of H-pyrrole nitrogens is 1. The number of hydrogen-bond acceptors (Lipinski definition) is 3. The molecule has 1 aliphatic heterocycles. The Morgan fingerprint density at radius 1 is 1.32 bits per heavy atom. The van der Waals surface area contributed by atoms with E-state index in [4.69, 9.17) is 0 Å². The lowest BCUT2D eigenvalue weighted by molar-refractivity contribution is 0.620. The predicted octanol–water partition coefficient (Wildman–Crippen LogP) is 1.53. The van der Waals surface area contributed by atoms with Crippen LogP contribution in [0.15, 0.2) is 23.0 Å². The van der Waals surface area contributed by atoms with E-state index >= 15 is 0 Å². The molecule has 0 spiro atoms. The zero-order chi connectivity index (χ0) is 13.4. The third-order valence-electron chi connectivity index (χ3n) is 3.26. The maximum Gasteiger partial charge on any atom is 0.255 e. The lowest BCUT2D eigenvalue weighted by atomic mass is 10.1. The fourth-order valence-corrected chi connectivity index (χ4v) is 2.36. The number of aromatic amines is 1. The summed E-state index contributed by atoms with van der Waals surface area (Å²) in [5, 5.41) is 3.14. The molecule has 1 aromatic carbocycles. The van der Waals surface area contributed by atoms with Crippen molar-refractivity contribution in [1.82, 2.24) is 15.3 Å². The molecule has 1 aromatic heterocycles. The molecule has 0 atom stereocenters. The van der Waals surface area contributed by atoms with E-state index in [1.165, 1.54) is 12.1 Å². The zero-order valence-corrected chi connectivity index (χ0v) is 10.6. The normalized spacial score (nSPS) is 14.2. The average Bonchev–Trinajstić information content (AvgIpc) is 2.37. The maximum absolute atomic E-state index is 13.4. The Hall–Kier alpha value is -2.01. The Kier molecular flexibility index (Phi) is 2.91. The molecular formula is C14H14FN3O. The third kappa shape index (κ3) is 2.29. The van der Waals surface area contributed by atoms with Crippen molar-refractivity contribution < 1.29 is 4.39 Å². The summed E-state index contributed by atoms with van der Waals surface area (Å²) in [6.07, 6.45) is 0.723. The number of benzene rings is 1. The Balaban J connectivity index is 2.15. The molecule has 2 aromatic rings. The van der Waals surface area contributed by atoms with Gasteiger partial charge in [-0.25, -0.2) is 9.37 Å². The van der Waals surface area contributed by atoms with Crippen molar-refractivity contribution in [2.45, 2.75) is 19.9 Å². The van der Waals surface area contributed by atoms with Gasteiger partial charge in [-0.05, 0) is 30.7 Å². The Morgan fingerprint density at radius 3 is 2.95 bits per heavy atom. The summed E-state index contributed by atoms with van der Waals surface area (Å²) >= 11 is 0. The standard InChI is InChI=1S/C14H14FN3O/c1-8-4-9(6-10(15)5-8)13-17-12-2-3-16-7-11(12)14(19)18-13/h4-6,16H,2-3,7H2,1H3,(H,17,18,19). The van der Waals surface area contributed by atoms with Crippen LogP contribution in [0.5, 0.6) is 0 Å². The quantitative estimate of drug-likeness (QED) is 0.816. The molecule has 0 fully saturated rings. The molecule has 4 nitrogen and oxygen atoms in total. The van der Waals surface area contributed by atoms with E-state index in [9.17, 15) is 9.18 Å². The van der Waals surface area contributed by atoms with Crippen LogP contribution in [0.2, 0.25) is 0 Å². The largest absolute Gasteiger partial charge is 0.312 e. The number of halogens is 1. The first-order valence-electron chi connectivity index (χ1n) is 6.24. The lowest BCUT2D eigenvalue weighted by Gasteiger charge is -2.16. The van der Waals surface area contributed by atoms with Crippen LogP contribution < -0.4 is 10.9 Å². The topological polar surface area (TPSA) is 57.8 Å². The van der Waals surface area contributed by atoms with Gasteiger partial charge in [0.05, 0.1) is 11.3 Å². The van der Waals surface area contributed by atoms with Crippen molar-refractivity contribution in [1.29, 1.82) is 0 Å². The number of fused-ring (bicyclic) bond motifs is 1. The lowest BCUT2D eigenvalue weighted by Crippen LogP contribution is -2.31. The van der Waals surface area contributed by atoms with Gasteiger partial charge in [0.25, 0.3) is 5.56 Å². The van der Waals surface area contributed by atoms with Crippen LogP contribution in [0.25, 0.3) is 11.4 Å². The van der Waals surface area contributed by atoms with Crippen molar-refractivity contribution in [2.75, 3.05) is 6.54 Å². The van der Waals surface area contributed by atoms with Gasteiger partial charge in [0, 0.05) is 25.1 Å². The third-order valence-corrected chi connectivity index (χ3v) is 3.26. The number of aryl methyl sites for hydroxylation is 1. The highest BCUT2D eigenvalue weighted by Crippen LogP contribution is 2.19. The molecule has 98 valence electrons. The first kappa shape index (κ1) is 12.0. The van der Waals surface area contributed by atoms with Gasteiger partial charge in [0.1, 0.15) is 11.6 Å². The molecule has 0 unspecified atom stereocenters. The smallest absolute Gasteiger partial charge is 0.255 e. The number of rotatable bonds is 1. The highest BCUT2D eigenvalue weighted by Gasteiger charge is 2.16. The van der Waals surface area contributed by atoms with Crippen molar-refractivity contribution in [3.8, 4) is 11.4 Å². The van der Waals surface area contributed by atoms with Crippen LogP contribution in [0.4, 0.5) is 4.39 Å². The Labute approximate surface area is 109 Å². The summed E-state index contributed by atoms with van der Waals surface area (Å²) in [7, 11) is 0. The molecule has 2 heterocycles. The Bertz CT molecular complexity index is 673. The van der Waals surface area contributed by atoms with E-state index in [-0.39, 0.29) is 11.4 Å². The first-order valence-corrected chi connectivity index (χ1v) is 6.24. The van der Waals surface area contributed by atoms with Gasteiger partial charge in [-0.3, -0.25) is 4.79 Å². The minimum atomic E-state index is -0.322. The van der Waals surface area contributed by atoms with Gasteiger partial charge in [0.15, 0.2) is 0 Å². The summed E-state index contributed by atoms with van der Waals surface area (Å²) < 4.78 is 13.4. The molecule has 0 saturated carbocycles. The van der Waals surface area contributed by atoms with Gasteiger partial charge >= 0.3 is 0 Å². The molecule has 0 amide bonds. The summed E-state index contributed by atoms with van der Waals surface area (Å²) in [6.45, 7) is 3.16. The maximum atomic E-state index is 13.4. The number of nitrogens with one attached hydrogen (secondary N) is 2. The monoisotopic (exact) mass is 259 g/mol. The molecule has 0 saturated heterocycles. The summed E-state index contributed by atoms with van der Waals surface area (Å²) in [5.74, 6) is 0.116. The van der Waals surface area contributed by atoms with Crippen molar-refractivity contribution in [2.24, 2.45) is 0 Å². The van der Waals surface area contributed by atoms with Gasteiger partial charge in [-0.15, -0.1) is 0 Å². The molecule has 5 heteroatoms. The highest BCUT2D eigenvalue weighted by atomic mass is 19.1. The molecule has 2 N–H and O–H groups in total. The van der Waals surface area contributed by atoms with Crippen LogP contribution in [-0.2, 0) is 13.0 Å². The number of nitrogens with zero attached hydrogens (tertiary/aromatic N) is 1. The van der Waals surface area contributed by atoms with Gasteiger partial charge < -0.3 is 10.3 Å². The first-order chi connectivity index (χ1) is 9.13. The van der Waals surface area contributed by atoms with E-state index in [0.717, 1.165) is 24.2 Å². The SMILES string of the molecule is Cc1cc(F)cc(-c2nc3c(c(=O)[nH]2)CNCC3)c1. The predicted molar refractivity (Wildman–Crippen MR) is 70.4 cm³/mol. The zero-order valence-electron chi connectivity index (χ0n) is 10.6. The minimum absolute atomic E-state index is 0.144. The molecule has 0 aliphatic carbocycles. The summed E-state index contributed by atoms with van der Waals surface area (Å²) in [6, 6.07) is 4.65. The second-order valence-corrected chi connectivity index (χ2v) is 4.78. The number of aromatic nitrogens is 2. The van der Waals surface area contributed by atoms with E-state index in [0.29, 0.717) is 23.5 Å². The van der Waals surface area contributed by atoms with Crippen LogP contribution in [0.3, 0.4) is 0 Å². The van der Waals surface area contributed by atoms with Crippen LogP contribution >= 0.6 is 0 Å². The van der Waals surface area contributed by atoms with Gasteiger partial charge in [-0.2, -0.15) is 0 Å². The number of hydrogen-bond donors (Lipinski definition) is 2. The highest BCUT2D eigenvalue weighted by molar-refractivity contribution is 5.56. The fraction of sp³-hybridized carbons (Fsp3) is 0.286. The van der Waals surface area contributed by atoms with Gasteiger partial charge in [-0.1, -0.05) is 0 Å². The van der Waals surface area contributed by atoms with Crippen molar-refractivity contribution in [3.63, 3.8) is 0 Å². The van der Waals surface area contributed by atoms with Crippen LogP contribution in [0, 0.1) is 12.7 Å². The second kappa shape index (κ2) is 4.59. The molecule has 0 bridgehead atoms. The molecule has 19 heavy (non-hydrogen) atoms. The second-order valence-electron chi connectivity index (χ2n) is 4.78.